The highest BCUT2D eigenvalue weighted by molar-refractivity contribution is 6.03. The molecule has 2 bridgehead atoms. The number of nitrogens with zero attached hydrogens (tertiary/aromatic N) is 1. The summed E-state index contributed by atoms with van der Waals surface area (Å²) in [7, 11) is 0. The van der Waals surface area contributed by atoms with Gasteiger partial charge in [0, 0.05) is 12.7 Å². The van der Waals surface area contributed by atoms with Crippen LogP contribution in [0.4, 0.5) is 0 Å². The van der Waals surface area contributed by atoms with Crippen LogP contribution >= 0.6 is 0 Å². The Balaban J connectivity index is 1.64. The van der Waals surface area contributed by atoms with E-state index in [1.54, 1.807) is 0 Å². The van der Waals surface area contributed by atoms with Crippen LogP contribution in [-0.4, -0.2) is 28.5 Å². The largest absolute Gasteiger partial charge is 0.478 e. The molecule has 2 aliphatic rings. The van der Waals surface area contributed by atoms with Crippen molar-refractivity contribution in [3.8, 4) is 0 Å². The van der Waals surface area contributed by atoms with Gasteiger partial charge < -0.3 is 10.4 Å². The molecule has 3 rings (SSSR count). The normalized spacial score (nSPS) is 27.5. The molecular weight excluding hydrogens is 256 g/mol. The van der Waals surface area contributed by atoms with Crippen molar-refractivity contribution in [1.29, 1.82) is 0 Å². The fraction of sp³-hybridized carbons (Fsp3) is 0.533. The van der Waals surface area contributed by atoms with E-state index in [0.29, 0.717) is 12.5 Å². The highest BCUT2D eigenvalue weighted by Gasteiger charge is 2.39. The van der Waals surface area contributed by atoms with E-state index in [-0.39, 0.29) is 17.2 Å². The minimum Gasteiger partial charge on any atom is -0.478 e. The number of rotatable bonds is 4. The van der Waals surface area contributed by atoms with Crippen LogP contribution in [0.2, 0.25) is 0 Å². The fourth-order valence-corrected chi connectivity index (χ4v) is 3.69. The molecule has 1 aromatic heterocycles. The Morgan fingerprint density at radius 3 is 2.85 bits per heavy atom. The number of aromatic carboxylic acids is 1. The molecule has 0 aromatic carbocycles. The van der Waals surface area contributed by atoms with E-state index in [2.05, 4.69) is 10.3 Å². The Kier molecular flexibility index (Phi) is 3.42. The van der Waals surface area contributed by atoms with Crippen LogP contribution in [0, 0.1) is 17.8 Å². The molecule has 5 nitrogen and oxygen atoms in total. The Hall–Kier alpha value is -1.91. The SMILES string of the molecule is O=C(O)c1cccnc1C(=O)NCC1CC2CCC1C2. The summed E-state index contributed by atoms with van der Waals surface area (Å²) in [5.74, 6) is 0.623. The van der Waals surface area contributed by atoms with Gasteiger partial charge in [-0.2, -0.15) is 0 Å². The maximum absolute atomic E-state index is 12.1. The average Bonchev–Trinajstić information content (AvgIpc) is 3.07. The average molecular weight is 274 g/mol. The van der Waals surface area contributed by atoms with Crippen LogP contribution in [0.3, 0.4) is 0 Å². The fourth-order valence-electron chi connectivity index (χ4n) is 3.69. The van der Waals surface area contributed by atoms with Gasteiger partial charge in [0.1, 0.15) is 5.69 Å². The van der Waals surface area contributed by atoms with Gasteiger partial charge in [-0.3, -0.25) is 9.78 Å². The zero-order chi connectivity index (χ0) is 14.1. The summed E-state index contributed by atoms with van der Waals surface area (Å²) in [5, 5.41) is 11.9. The second-order valence-corrected chi connectivity index (χ2v) is 5.85. The van der Waals surface area contributed by atoms with E-state index in [0.717, 1.165) is 11.8 Å². The van der Waals surface area contributed by atoms with Crippen molar-refractivity contribution in [3.05, 3.63) is 29.6 Å². The van der Waals surface area contributed by atoms with E-state index in [1.807, 2.05) is 0 Å². The van der Waals surface area contributed by atoms with Crippen molar-refractivity contribution < 1.29 is 14.7 Å². The molecule has 1 amide bonds. The van der Waals surface area contributed by atoms with Crippen molar-refractivity contribution in [2.75, 3.05) is 6.54 Å². The number of carbonyl (C=O) groups is 2. The van der Waals surface area contributed by atoms with E-state index < -0.39 is 5.97 Å². The first-order valence-electron chi connectivity index (χ1n) is 7.11. The summed E-state index contributed by atoms with van der Waals surface area (Å²) in [6.45, 7) is 0.635. The number of pyridine rings is 1. The molecule has 1 heterocycles. The lowest BCUT2D eigenvalue weighted by Crippen LogP contribution is -2.33. The number of amides is 1. The number of hydrogen-bond acceptors (Lipinski definition) is 3. The molecule has 0 radical (unpaired) electrons. The van der Waals surface area contributed by atoms with Crippen LogP contribution in [0.25, 0.3) is 0 Å². The first-order chi connectivity index (χ1) is 9.65. The van der Waals surface area contributed by atoms with Gasteiger partial charge >= 0.3 is 5.97 Å². The zero-order valence-electron chi connectivity index (χ0n) is 11.2. The van der Waals surface area contributed by atoms with Gasteiger partial charge in [0.05, 0.1) is 5.56 Å². The van der Waals surface area contributed by atoms with Crippen molar-refractivity contribution in [2.24, 2.45) is 17.8 Å². The van der Waals surface area contributed by atoms with E-state index >= 15 is 0 Å². The minimum atomic E-state index is -1.12. The molecular formula is C15H18N2O3. The first-order valence-corrected chi connectivity index (χ1v) is 7.11. The molecule has 20 heavy (non-hydrogen) atoms. The van der Waals surface area contributed by atoms with Gasteiger partial charge in [-0.1, -0.05) is 6.42 Å². The number of carboxylic acids is 1. The van der Waals surface area contributed by atoms with Gasteiger partial charge in [-0.25, -0.2) is 4.79 Å². The monoisotopic (exact) mass is 274 g/mol. The Morgan fingerprint density at radius 1 is 1.35 bits per heavy atom. The van der Waals surface area contributed by atoms with Crippen LogP contribution in [0.1, 0.15) is 46.5 Å². The first kappa shape index (κ1) is 13.1. The predicted octanol–water partition coefficient (Wildman–Crippen LogP) is 1.95. The molecule has 0 saturated heterocycles. The second-order valence-electron chi connectivity index (χ2n) is 5.85. The number of aromatic nitrogens is 1. The maximum Gasteiger partial charge on any atom is 0.338 e. The lowest BCUT2D eigenvalue weighted by Gasteiger charge is -2.21. The number of nitrogens with one attached hydrogen (secondary N) is 1. The maximum atomic E-state index is 12.1. The summed E-state index contributed by atoms with van der Waals surface area (Å²) in [5.41, 5.74) is -0.0406. The molecule has 3 unspecified atom stereocenters. The molecule has 0 aliphatic heterocycles. The molecule has 106 valence electrons. The van der Waals surface area contributed by atoms with Crippen LogP contribution < -0.4 is 5.32 Å². The molecule has 2 aliphatic carbocycles. The van der Waals surface area contributed by atoms with Crippen LogP contribution in [-0.2, 0) is 0 Å². The number of carbonyl (C=O) groups excluding carboxylic acids is 1. The van der Waals surface area contributed by atoms with E-state index in [1.165, 1.54) is 44.0 Å². The number of hydrogen-bond donors (Lipinski definition) is 2. The summed E-state index contributed by atoms with van der Waals surface area (Å²) in [6, 6.07) is 2.93. The summed E-state index contributed by atoms with van der Waals surface area (Å²) < 4.78 is 0. The van der Waals surface area contributed by atoms with Gasteiger partial charge in [0.15, 0.2) is 0 Å². The lowest BCUT2D eigenvalue weighted by molar-refractivity contribution is 0.0689. The number of carboxylic acid groups (broad SMARTS) is 1. The summed E-state index contributed by atoms with van der Waals surface area (Å²) >= 11 is 0. The summed E-state index contributed by atoms with van der Waals surface area (Å²) in [6.07, 6.45) is 6.54. The van der Waals surface area contributed by atoms with Crippen LogP contribution in [0.5, 0.6) is 0 Å². The standard InChI is InChI=1S/C15H18N2O3/c18-14(13-12(15(19)20)2-1-5-16-13)17-8-11-7-9-3-4-10(11)6-9/h1-2,5,9-11H,3-4,6-8H2,(H,17,18)(H,19,20). The molecule has 2 saturated carbocycles. The Bertz CT molecular complexity index is 544. The van der Waals surface area contributed by atoms with E-state index in [9.17, 15) is 9.59 Å². The molecule has 5 heteroatoms. The molecule has 0 spiro atoms. The van der Waals surface area contributed by atoms with Gasteiger partial charge in [0.25, 0.3) is 5.91 Å². The van der Waals surface area contributed by atoms with Crippen LogP contribution in [0.15, 0.2) is 18.3 Å². The number of fused-ring (bicyclic) bond motifs is 2. The third-order valence-corrected chi connectivity index (χ3v) is 4.66. The Labute approximate surface area is 117 Å². The molecule has 1 aromatic rings. The Morgan fingerprint density at radius 2 is 2.20 bits per heavy atom. The minimum absolute atomic E-state index is 0.00292. The highest BCUT2D eigenvalue weighted by atomic mass is 16.4. The lowest BCUT2D eigenvalue weighted by atomic mass is 9.89. The topological polar surface area (TPSA) is 79.3 Å². The van der Waals surface area contributed by atoms with Gasteiger partial charge in [-0.15, -0.1) is 0 Å². The highest BCUT2D eigenvalue weighted by Crippen LogP contribution is 2.47. The van der Waals surface area contributed by atoms with E-state index in [4.69, 9.17) is 5.11 Å². The van der Waals surface area contributed by atoms with Crippen molar-refractivity contribution in [2.45, 2.75) is 25.7 Å². The van der Waals surface area contributed by atoms with Crippen molar-refractivity contribution >= 4 is 11.9 Å². The molecule has 2 N–H and O–H groups in total. The predicted molar refractivity (Wildman–Crippen MR) is 72.5 cm³/mol. The third-order valence-electron chi connectivity index (χ3n) is 4.66. The third kappa shape index (κ3) is 2.40. The smallest absolute Gasteiger partial charge is 0.338 e. The van der Waals surface area contributed by atoms with Gasteiger partial charge in [-0.05, 0) is 49.1 Å². The summed E-state index contributed by atoms with van der Waals surface area (Å²) in [4.78, 5) is 27.1. The quantitative estimate of drug-likeness (QED) is 0.879. The van der Waals surface area contributed by atoms with Gasteiger partial charge in [0.2, 0.25) is 0 Å². The zero-order valence-corrected chi connectivity index (χ0v) is 11.2. The second kappa shape index (κ2) is 5.23. The molecule has 2 fully saturated rings. The van der Waals surface area contributed by atoms with Crippen molar-refractivity contribution in [1.82, 2.24) is 10.3 Å². The molecule has 3 atom stereocenters. The van der Waals surface area contributed by atoms with Crippen molar-refractivity contribution in [3.63, 3.8) is 0 Å².